The Morgan fingerprint density at radius 2 is 1.88 bits per heavy atom. The first-order valence-corrected chi connectivity index (χ1v) is 7.56. The van der Waals surface area contributed by atoms with Crippen molar-refractivity contribution in [1.82, 2.24) is 10.2 Å². The molecule has 0 bridgehead atoms. The van der Waals surface area contributed by atoms with Gasteiger partial charge in [0, 0.05) is 22.3 Å². The van der Waals surface area contributed by atoms with Gasteiger partial charge in [0.05, 0.1) is 12.8 Å². The molecule has 0 radical (unpaired) electrons. The molecule has 0 aliphatic rings. The van der Waals surface area contributed by atoms with Crippen LogP contribution in [-0.4, -0.2) is 23.3 Å². The van der Waals surface area contributed by atoms with Gasteiger partial charge >= 0.3 is 6.03 Å². The van der Waals surface area contributed by atoms with Crippen molar-refractivity contribution in [3.63, 3.8) is 0 Å². The number of carbonyl (C=O) groups is 1. The van der Waals surface area contributed by atoms with Crippen molar-refractivity contribution in [2.75, 3.05) is 17.7 Å². The van der Waals surface area contributed by atoms with E-state index in [0.717, 1.165) is 17.0 Å². The molecule has 7 heteroatoms. The van der Waals surface area contributed by atoms with E-state index in [2.05, 4.69) is 20.8 Å². The van der Waals surface area contributed by atoms with Crippen LogP contribution in [0.15, 0.2) is 54.6 Å². The SMILES string of the molecule is COc1ccccc1-c1cc(NC(=O)Nc2ccc(Cl)cc2)n[nH]1. The van der Waals surface area contributed by atoms with Crippen LogP contribution in [-0.2, 0) is 0 Å². The van der Waals surface area contributed by atoms with Crippen LogP contribution in [0.2, 0.25) is 5.02 Å². The van der Waals surface area contributed by atoms with E-state index >= 15 is 0 Å². The van der Waals surface area contributed by atoms with Crippen LogP contribution in [0.25, 0.3) is 11.3 Å². The lowest BCUT2D eigenvalue weighted by Gasteiger charge is -2.05. The molecular weight excluding hydrogens is 328 g/mol. The molecule has 0 unspecified atom stereocenters. The highest BCUT2D eigenvalue weighted by Gasteiger charge is 2.10. The summed E-state index contributed by atoms with van der Waals surface area (Å²) in [5.41, 5.74) is 2.24. The van der Waals surface area contributed by atoms with Crippen molar-refractivity contribution < 1.29 is 9.53 Å². The number of urea groups is 1. The highest BCUT2D eigenvalue weighted by atomic mass is 35.5. The number of aromatic nitrogens is 2. The van der Waals surface area contributed by atoms with E-state index in [1.807, 2.05) is 24.3 Å². The third kappa shape index (κ3) is 3.67. The number of nitrogens with zero attached hydrogens (tertiary/aromatic N) is 1. The summed E-state index contributed by atoms with van der Waals surface area (Å²) in [5, 5.41) is 12.9. The molecule has 3 N–H and O–H groups in total. The summed E-state index contributed by atoms with van der Waals surface area (Å²) in [5.74, 6) is 1.13. The predicted octanol–water partition coefficient (Wildman–Crippen LogP) is 4.38. The molecule has 0 saturated carbocycles. The van der Waals surface area contributed by atoms with Crippen LogP contribution in [0.5, 0.6) is 5.75 Å². The number of anilines is 2. The Morgan fingerprint density at radius 3 is 2.62 bits per heavy atom. The van der Waals surface area contributed by atoms with Gasteiger partial charge in [-0.05, 0) is 36.4 Å². The van der Waals surface area contributed by atoms with Crippen LogP contribution < -0.4 is 15.4 Å². The van der Waals surface area contributed by atoms with Gasteiger partial charge in [0.1, 0.15) is 5.75 Å². The maximum Gasteiger partial charge on any atom is 0.324 e. The summed E-state index contributed by atoms with van der Waals surface area (Å²) in [6.07, 6.45) is 0. The van der Waals surface area contributed by atoms with E-state index in [1.165, 1.54) is 0 Å². The normalized spacial score (nSPS) is 10.2. The number of rotatable bonds is 4. The number of hydrogen-bond acceptors (Lipinski definition) is 3. The highest BCUT2D eigenvalue weighted by Crippen LogP contribution is 2.29. The van der Waals surface area contributed by atoms with E-state index in [9.17, 15) is 4.79 Å². The van der Waals surface area contributed by atoms with Crippen molar-refractivity contribution in [3.8, 4) is 17.0 Å². The Balaban J connectivity index is 1.69. The summed E-state index contributed by atoms with van der Waals surface area (Å²) < 4.78 is 5.32. The Morgan fingerprint density at radius 1 is 1.12 bits per heavy atom. The van der Waals surface area contributed by atoms with Crippen molar-refractivity contribution in [2.24, 2.45) is 0 Å². The molecule has 2 amide bonds. The lowest BCUT2D eigenvalue weighted by atomic mass is 10.1. The third-order valence-corrected chi connectivity index (χ3v) is 3.57. The number of amides is 2. The number of hydrogen-bond donors (Lipinski definition) is 3. The lowest BCUT2D eigenvalue weighted by molar-refractivity contribution is 0.262. The summed E-state index contributed by atoms with van der Waals surface area (Å²) in [4.78, 5) is 12.0. The van der Waals surface area contributed by atoms with Gasteiger partial charge < -0.3 is 10.1 Å². The van der Waals surface area contributed by atoms with E-state index in [0.29, 0.717) is 16.5 Å². The van der Waals surface area contributed by atoms with Crippen molar-refractivity contribution >= 4 is 29.1 Å². The van der Waals surface area contributed by atoms with Crippen LogP contribution in [0.1, 0.15) is 0 Å². The Bertz CT molecular complexity index is 846. The third-order valence-electron chi connectivity index (χ3n) is 3.32. The molecule has 0 fully saturated rings. The second kappa shape index (κ2) is 7.06. The number of ether oxygens (including phenoxy) is 1. The first-order chi connectivity index (χ1) is 11.7. The van der Waals surface area contributed by atoms with Gasteiger partial charge in [-0.25, -0.2) is 4.79 Å². The first-order valence-electron chi connectivity index (χ1n) is 7.18. The number of aromatic amines is 1. The fraction of sp³-hybridized carbons (Fsp3) is 0.0588. The molecule has 6 nitrogen and oxygen atoms in total. The number of halogens is 1. The van der Waals surface area contributed by atoms with Gasteiger partial charge in [-0.15, -0.1) is 0 Å². The zero-order valence-electron chi connectivity index (χ0n) is 12.8. The number of benzene rings is 2. The molecule has 3 aromatic rings. The highest BCUT2D eigenvalue weighted by molar-refractivity contribution is 6.30. The molecular formula is C17H15ClN4O2. The van der Waals surface area contributed by atoms with E-state index in [4.69, 9.17) is 16.3 Å². The zero-order chi connectivity index (χ0) is 16.9. The van der Waals surface area contributed by atoms with Gasteiger partial charge in [0.2, 0.25) is 0 Å². The number of H-pyrrole nitrogens is 1. The number of methoxy groups -OCH3 is 1. The molecule has 0 aliphatic heterocycles. The van der Waals surface area contributed by atoms with Crippen LogP contribution >= 0.6 is 11.6 Å². The standard InChI is InChI=1S/C17H15ClN4O2/c1-24-15-5-3-2-4-13(15)14-10-16(22-21-14)20-17(23)19-12-8-6-11(18)7-9-12/h2-10H,1H3,(H3,19,20,21,22,23). The van der Waals surface area contributed by atoms with Gasteiger partial charge in [0.15, 0.2) is 5.82 Å². The number of carbonyl (C=O) groups excluding carboxylic acids is 1. The molecule has 1 aromatic heterocycles. The van der Waals surface area contributed by atoms with Gasteiger partial charge in [0.25, 0.3) is 0 Å². The van der Waals surface area contributed by atoms with Crippen molar-refractivity contribution in [1.29, 1.82) is 0 Å². The van der Waals surface area contributed by atoms with Gasteiger partial charge in [-0.3, -0.25) is 10.4 Å². The minimum absolute atomic E-state index is 0.393. The van der Waals surface area contributed by atoms with Crippen molar-refractivity contribution in [3.05, 3.63) is 59.6 Å². The van der Waals surface area contributed by atoms with Crippen molar-refractivity contribution in [2.45, 2.75) is 0 Å². The topological polar surface area (TPSA) is 79.0 Å². The lowest BCUT2D eigenvalue weighted by Crippen LogP contribution is -2.19. The number of para-hydroxylation sites is 1. The minimum atomic E-state index is -0.393. The Kier molecular flexibility index (Phi) is 4.67. The average Bonchev–Trinajstić information content (AvgIpc) is 3.05. The van der Waals surface area contributed by atoms with E-state index < -0.39 is 6.03 Å². The van der Waals surface area contributed by atoms with Crippen LogP contribution in [0, 0.1) is 0 Å². The maximum absolute atomic E-state index is 12.0. The average molecular weight is 343 g/mol. The fourth-order valence-electron chi connectivity index (χ4n) is 2.20. The Labute approximate surface area is 143 Å². The smallest absolute Gasteiger partial charge is 0.324 e. The second-order valence-corrected chi connectivity index (χ2v) is 5.39. The fourth-order valence-corrected chi connectivity index (χ4v) is 2.33. The molecule has 3 rings (SSSR count). The van der Waals surface area contributed by atoms with Gasteiger partial charge in [-0.1, -0.05) is 23.7 Å². The van der Waals surface area contributed by atoms with Crippen LogP contribution in [0.3, 0.4) is 0 Å². The molecule has 0 saturated heterocycles. The second-order valence-electron chi connectivity index (χ2n) is 4.95. The zero-order valence-corrected chi connectivity index (χ0v) is 13.6. The first kappa shape index (κ1) is 15.9. The molecule has 0 spiro atoms. The van der Waals surface area contributed by atoms with E-state index in [-0.39, 0.29) is 0 Å². The molecule has 1 heterocycles. The maximum atomic E-state index is 12.0. The van der Waals surface area contributed by atoms with Crippen LogP contribution in [0.4, 0.5) is 16.3 Å². The summed E-state index contributed by atoms with van der Waals surface area (Å²) >= 11 is 5.81. The molecule has 122 valence electrons. The largest absolute Gasteiger partial charge is 0.496 e. The quantitative estimate of drug-likeness (QED) is 0.658. The summed E-state index contributed by atoms with van der Waals surface area (Å²) in [6.45, 7) is 0. The predicted molar refractivity (Wildman–Crippen MR) is 94.7 cm³/mol. The summed E-state index contributed by atoms with van der Waals surface area (Å²) in [7, 11) is 1.61. The summed E-state index contributed by atoms with van der Waals surface area (Å²) in [6, 6.07) is 15.7. The van der Waals surface area contributed by atoms with E-state index in [1.54, 1.807) is 37.4 Å². The molecule has 24 heavy (non-hydrogen) atoms. The molecule has 0 atom stereocenters. The Hall–Kier alpha value is -2.99. The monoisotopic (exact) mass is 342 g/mol. The molecule has 0 aliphatic carbocycles. The minimum Gasteiger partial charge on any atom is -0.496 e. The molecule has 2 aromatic carbocycles. The number of nitrogens with one attached hydrogen (secondary N) is 3. The van der Waals surface area contributed by atoms with Gasteiger partial charge in [-0.2, -0.15) is 5.10 Å².